The summed E-state index contributed by atoms with van der Waals surface area (Å²) >= 11 is 0. The Kier molecular flexibility index (Phi) is 6.71. The highest BCUT2D eigenvalue weighted by Crippen LogP contribution is 2.14. The predicted molar refractivity (Wildman–Crippen MR) is 89.4 cm³/mol. The van der Waals surface area contributed by atoms with Crippen molar-refractivity contribution in [1.82, 2.24) is 10.3 Å². The number of rotatable bonds is 5. The van der Waals surface area contributed by atoms with Crippen molar-refractivity contribution < 1.29 is 14.3 Å². The van der Waals surface area contributed by atoms with Crippen molar-refractivity contribution in [3.05, 3.63) is 36.4 Å². The van der Waals surface area contributed by atoms with Gasteiger partial charge in [0.15, 0.2) is 0 Å². The third-order valence-electron chi connectivity index (χ3n) is 2.71. The molecular formula is C16H24N4O3. The Labute approximate surface area is 136 Å². The van der Waals surface area contributed by atoms with E-state index >= 15 is 0 Å². The van der Waals surface area contributed by atoms with Gasteiger partial charge in [-0.3, -0.25) is 10.3 Å². The van der Waals surface area contributed by atoms with Crippen LogP contribution in [0.4, 0.5) is 10.5 Å². The minimum atomic E-state index is -0.614. The fourth-order valence-corrected chi connectivity index (χ4v) is 1.65. The molecule has 1 rings (SSSR count). The monoisotopic (exact) mass is 320 g/mol. The average molecular weight is 320 g/mol. The number of ether oxygens (including phenoxy) is 2. The van der Waals surface area contributed by atoms with E-state index in [4.69, 9.17) is 15.2 Å². The molecule has 0 fully saturated rings. The van der Waals surface area contributed by atoms with Crippen LogP contribution in [0.15, 0.2) is 41.4 Å². The molecule has 0 spiro atoms. The van der Waals surface area contributed by atoms with E-state index in [-0.39, 0.29) is 6.10 Å². The number of amides is 1. The molecule has 0 radical (unpaired) electrons. The molecule has 0 aromatic carbocycles. The second-order valence-electron chi connectivity index (χ2n) is 5.79. The summed E-state index contributed by atoms with van der Waals surface area (Å²) in [6.07, 6.45) is 3.51. The predicted octanol–water partition coefficient (Wildman–Crippen LogP) is 2.51. The first-order valence-corrected chi connectivity index (χ1v) is 7.20. The number of methoxy groups -OCH3 is 1. The highest BCUT2D eigenvalue weighted by Gasteiger charge is 2.21. The fraction of sp³-hybridized carbons (Fsp3) is 0.438. The Bertz CT molecular complexity index is 577. The van der Waals surface area contributed by atoms with Crippen LogP contribution in [0, 0.1) is 0 Å². The van der Waals surface area contributed by atoms with Gasteiger partial charge in [-0.2, -0.15) is 0 Å². The molecule has 1 atom stereocenters. The van der Waals surface area contributed by atoms with E-state index < -0.39 is 11.7 Å². The summed E-state index contributed by atoms with van der Waals surface area (Å²) in [7, 11) is 1.55. The second kappa shape index (κ2) is 8.28. The van der Waals surface area contributed by atoms with Crippen molar-refractivity contribution >= 4 is 17.5 Å². The molecule has 126 valence electrons. The molecule has 0 unspecified atom stereocenters. The van der Waals surface area contributed by atoms with Crippen molar-refractivity contribution in [3.8, 4) is 0 Å². The molecule has 7 nitrogen and oxygen atoms in total. The van der Waals surface area contributed by atoms with Crippen LogP contribution in [0.1, 0.15) is 27.7 Å². The lowest BCUT2D eigenvalue weighted by Gasteiger charge is -2.22. The topological polar surface area (TPSA) is 98.8 Å². The van der Waals surface area contributed by atoms with E-state index in [0.29, 0.717) is 17.1 Å². The van der Waals surface area contributed by atoms with E-state index in [0.717, 1.165) is 0 Å². The molecule has 0 saturated heterocycles. The van der Waals surface area contributed by atoms with Crippen LogP contribution in [0.25, 0.3) is 0 Å². The van der Waals surface area contributed by atoms with E-state index in [1.54, 1.807) is 59.3 Å². The van der Waals surface area contributed by atoms with Gasteiger partial charge in [0.2, 0.25) is 0 Å². The number of alkyl carbamates (subject to hydrolysis) is 1. The zero-order chi connectivity index (χ0) is 17.5. The Balaban J connectivity index is 3.05. The number of carbonyl (C=O) groups excluding carboxylic acids is 1. The largest absolute Gasteiger partial charge is 0.444 e. The van der Waals surface area contributed by atoms with Crippen LogP contribution in [-0.2, 0) is 9.47 Å². The average Bonchev–Trinajstić information content (AvgIpc) is 2.49. The molecule has 0 aliphatic carbocycles. The third-order valence-corrected chi connectivity index (χ3v) is 2.71. The molecule has 1 heterocycles. The highest BCUT2D eigenvalue weighted by atomic mass is 16.6. The van der Waals surface area contributed by atoms with Crippen molar-refractivity contribution in [2.75, 3.05) is 7.11 Å². The third kappa shape index (κ3) is 6.48. The molecular weight excluding hydrogens is 296 g/mol. The summed E-state index contributed by atoms with van der Waals surface area (Å²) < 4.78 is 10.5. The lowest BCUT2D eigenvalue weighted by atomic mass is 10.1. The number of nitrogens with one attached hydrogen (secondary N) is 1. The van der Waals surface area contributed by atoms with Crippen LogP contribution in [-0.4, -0.2) is 35.6 Å². The Morgan fingerprint density at radius 2 is 2.17 bits per heavy atom. The normalized spacial score (nSPS) is 14.3. The SMILES string of the molecule is CO[C@@H](C)C(=Nc1cccnc1)C(=CN)NC(=O)OC(C)(C)C. The van der Waals surface area contributed by atoms with Crippen molar-refractivity contribution in [2.24, 2.45) is 10.7 Å². The summed E-state index contributed by atoms with van der Waals surface area (Å²) in [5.41, 5.74) is 6.44. The minimum Gasteiger partial charge on any atom is -0.444 e. The number of hydrogen-bond acceptors (Lipinski definition) is 6. The van der Waals surface area contributed by atoms with Crippen LogP contribution < -0.4 is 11.1 Å². The van der Waals surface area contributed by atoms with E-state index in [2.05, 4.69) is 15.3 Å². The number of hydrogen-bond donors (Lipinski definition) is 2. The number of aromatic nitrogens is 1. The van der Waals surface area contributed by atoms with Crippen LogP contribution in [0.2, 0.25) is 0 Å². The standard InChI is InChI=1S/C16H24N4O3/c1-11(22-5)14(19-12-7-6-8-18-10-12)13(9-17)20-15(21)23-16(2,3)4/h6-11H,17H2,1-5H3,(H,20,21)/t11-/m0/s1. The number of nitrogens with two attached hydrogens (primary N) is 1. The van der Waals surface area contributed by atoms with E-state index in [1.807, 2.05) is 0 Å². The first kappa shape index (κ1) is 18.6. The van der Waals surface area contributed by atoms with Gasteiger partial charge in [-0.15, -0.1) is 0 Å². The molecule has 23 heavy (non-hydrogen) atoms. The summed E-state index contributed by atoms with van der Waals surface area (Å²) in [6, 6.07) is 3.55. The Hall–Kier alpha value is -2.41. The first-order valence-electron chi connectivity index (χ1n) is 7.20. The zero-order valence-electron chi connectivity index (χ0n) is 14.2. The summed E-state index contributed by atoms with van der Waals surface area (Å²) in [5, 5.41) is 2.60. The minimum absolute atomic E-state index is 0.317. The van der Waals surface area contributed by atoms with Crippen LogP contribution in [0.5, 0.6) is 0 Å². The summed E-state index contributed by atoms with van der Waals surface area (Å²) in [5.74, 6) is 0. The summed E-state index contributed by atoms with van der Waals surface area (Å²) in [4.78, 5) is 20.4. The van der Waals surface area contributed by atoms with Gasteiger partial charge in [0.25, 0.3) is 0 Å². The highest BCUT2D eigenvalue weighted by molar-refractivity contribution is 6.06. The number of carbonyl (C=O) groups is 1. The van der Waals surface area contributed by atoms with Gasteiger partial charge in [-0.1, -0.05) is 0 Å². The zero-order valence-corrected chi connectivity index (χ0v) is 14.2. The molecule has 3 N–H and O–H groups in total. The van der Waals surface area contributed by atoms with Crippen molar-refractivity contribution in [1.29, 1.82) is 0 Å². The first-order chi connectivity index (χ1) is 10.8. The van der Waals surface area contributed by atoms with E-state index in [9.17, 15) is 4.79 Å². The number of nitrogens with zero attached hydrogens (tertiary/aromatic N) is 2. The maximum atomic E-state index is 12.0. The lowest BCUT2D eigenvalue weighted by molar-refractivity contribution is 0.0548. The molecule has 1 amide bonds. The summed E-state index contributed by atoms with van der Waals surface area (Å²) in [6.45, 7) is 7.14. The Morgan fingerprint density at radius 1 is 1.48 bits per heavy atom. The van der Waals surface area contributed by atoms with Gasteiger partial charge in [-0.25, -0.2) is 9.79 Å². The van der Waals surface area contributed by atoms with Gasteiger partial charge >= 0.3 is 6.09 Å². The van der Waals surface area contributed by atoms with Crippen LogP contribution >= 0.6 is 0 Å². The van der Waals surface area contributed by atoms with Gasteiger partial charge in [-0.05, 0) is 39.8 Å². The molecule has 1 aromatic rings. The molecule has 0 aliphatic heterocycles. The molecule has 0 bridgehead atoms. The second-order valence-corrected chi connectivity index (χ2v) is 5.79. The maximum Gasteiger partial charge on any atom is 0.412 e. The molecule has 1 aromatic heterocycles. The fourth-order valence-electron chi connectivity index (χ4n) is 1.65. The molecule has 0 aliphatic rings. The Morgan fingerprint density at radius 3 is 2.65 bits per heavy atom. The number of pyridine rings is 1. The van der Waals surface area contributed by atoms with Crippen molar-refractivity contribution in [3.63, 3.8) is 0 Å². The molecule has 7 heteroatoms. The number of aliphatic imine (C=N–C) groups is 1. The quantitative estimate of drug-likeness (QED) is 0.812. The van der Waals surface area contributed by atoms with Crippen LogP contribution in [0.3, 0.4) is 0 Å². The maximum absolute atomic E-state index is 12.0. The van der Waals surface area contributed by atoms with Gasteiger partial charge in [0.1, 0.15) is 5.60 Å². The van der Waals surface area contributed by atoms with E-state index in [1.165, 1.54) is 6.20 Å². The lowest BCUT2D eigenvalue weighted by Crippen LogP contribution is -2.37. The smallest absolute Gasteiger partial charge is 0.412 e. The van der Waals surface area contributed by atoms with Gasteiger partial charge < -0.3 is 15.2 Å². The van der Waals surface area contributed by atoms with Gasteiger partial charge in [0.05, 0.1) is 29.4 Å². The van der Waals surface area contributed by atoms with Gasteiger partial charge in [0, 0.05) is 19.5 Å². The van der Waals surface area contributed by atoms with Crippen molar-refractivity contribution in [2.45, 2.75) is 39.4 Å². The molecule has 0 saturated carbocycles.